The summed E-state index contributed by atoms with van der Waals surface area (Å²) in [5, 5.41) is 31.3. The molecule has 0 saturated carbocycles. The molecule has 106 valence electrons. The highest BCUT2D eigenvalue weighted by molar-refractivity contribution is 5.90. The van der Waals surface area contributed by atoms with E-state index < -0.39 is 18.1 Å². The van der Waals surface area contributed by atoms with Gasteiger partial charge in [-0.1, -0.05) is 6.07 Å². The first kappa shape index (κ1) is 15.5. The number of rotatable bonds is 5. The average Bonchev–Trinajstić information content (AvgIpc) is 2.41. The van der Waals surface area contributed by atoms with Crippen LogP contribution in [0.25, 0.3) is 0 Å². The second-order valence-corrected chi connectivity index (χ2v) is 4.17. The number of aliphatic hydroxyl groups is 1. The maximum absolute atomic E-state index is 11.6. The SMILES string of the molecule is Cc1ccc(C#N)cc1NC(=O)NCC[C@H](O)C(=O)O. The summed E-state index contributed by atoms with van der Waals surface area (Å²) in [5.41, 5.74) is 1.72. The zero-order chi connectivity index (χ0) is 15.1. The van der Waals surface area contributed by atoms with Gasteiger partial charge in [-0.2, -0.15) is 5.26 Å². The Balaban J connectivity index is 2.51. The second-order valence-electron chi connectivity index (χ2n) is 4.17. The van der Waals surface area contributed by atoms with Gasteiger partial charge in [0.1, 0.15) is 0 Å². The molecule has 7 heteroatoms. The van der Waals surface area contributed by atoms with Crippen molar-refractivity contribution in [1.29, 1.82) is 5.26 Å². The number of benzene rings is 1. The summed E-state index contributed by atoms with van der Waals surface area (Å²) in [4.78, 5) is 22.0. The molecule has 1 rings (SSSR count). The van der Waals surface area contributed by atoms with Crippen LogP contribution in [0, 0.1) is 18.3 Å². The predicted octanol–water partition coefficient (Wildman–Crippen LogP) is 0.824. The lowest BCUT2D eigenvalue weighted by Gasteiger charge is -2.11. The highest BCUT2D eigenvalue weighted by Gasteiger charge is 2.13. The van der Waals surface area contributed by atoms with Crippen LogP contribution in [-0.2, 0) is 4.79 Å². The molecule has 1 aromatic carbocycles. The minimum atomic E-state index is -1.50. The first-order valence-electron chi connectivity index (χ1n) is 5.90. The van der Waals surface area contributed by atoms with Crippen molar-refractivity contribution in [2.75, 3.05) is 11.9 Å². The van der Waals surface area contributed by atoms with E-state index in [0.717, 1.165) is 5.56 Å². The molecule has 0 unspecified atom stereocenters. The average molecular weight is 277 g/mol. The van der Waals surface area contributed by atoms with Crippen molar-refractivity contribution in [2.24, 2.45) is 0 Å². The smallest absolute Gasteiger partial charge is 0.332 e. The summed E-state index contributed by atoms with van der Waals surface area (Å²) in [6.45, 7) is 1.81. The van der Waals surface area contributed by atoms with Crippen molar-refractivity contribution >= 4 is 17.7 Å². The highest BCUT2D eigenvalue weighted by Crippen LogP contribution is 2.16. The first-order chi connectivity index (χ1) is 9.43. The number of aryl methyl sites for hydroxylation is 1. The van der Waals surface area contributed by atoms with Crippen molar-refractivity contribution in [3.8, 4) is 6.07 Å². The third-order valence-electron chi connectivity index (χ3n) is 2.60. The van der Waals surface area contributed by atoms with E-state index in [1.54, 1.807) is 25.1 Å². The topological polar surface area (TPSA) is 122 Å². The van der Waals surface area contributed by atoms with Crippen LogP contribution >= 0.6 is 0 Å². The maximum atomic E-state index is 11.6. The molecule has 0 radical (unpaired) electrons. The van der Waals surface area contributed by atoms with E-state index in [4.69, 9.17) is 15.5 Å². The fraction of sp³-hybridized carbons (Fsp3) is 0.308. The molecule has 4 N–H and O–H groups in total. The maximum Gasteiger partial charge on any atom is 0.332 e. The Kier molecular flexibility index (Phi) is 5.50. The van der Waals surface area contributed by atoms with E-state index in [1.807, 2.05) is 6.07 Å². The molecule has 0 spiro atoms. The number of anilines is 1. The normalized spacial score (nSPS) is 11.2. The van der Waals surface area contributed by atoms with Crippen LogP contribution in [0.3, 0.4) is 0 Å². The largest absolute Gasteiger partial charge is 0.479 e. The summed E-state index contributed by atoms with van der Waals surface area (Å²) in [5.74, 6) is -1.33. The lowest BCUT2D eigenvalue weighted by Crippen LogP contribution is -2.33. The number of nitrogens with zero attached hydrogens (tertiary/aromatic N) is 1. The first-order valence-corrected chi connectivity index (χ1v) is 5.90. The standard InChI is InChI=1S/C13H15N3O4/c1-8-2-3-9(7-14)6-10(8)16-13(20)15-5-4-11(17)12(18)19/h2-3,6,11,17H,4-5H2,1H3,(H,18,19)(H2,15,16,20)/t11-/m0/s1. The monoisotopic (exact) mass is 277 g/mol. The Morgan fingerprint density at radius 2 is 2.15 bits per heavy atom. The number of urea groups is 1. The van der Waals surface area contributed by atoms with Gasteiger partial charge in [-0.15, -0.1) is 0 Å². The number of aliphatic hydroxyl groups excluding tert-OH is 1. The molecule has 0 aliphatic heterocycles. The van der Waals surface area contributed by atoms with Gasteiger partial charge in [0.2, 0.25) is 0 Å². The van der Waals surface area contributed by atoms with Gasteiger partial charge in [0.15, 0.2) is 6.10 Å². The van der Waals surface area contributed by atoms with Crippen molar-refractivity contribution in [3.63, 3.8) is 0 Å². The number of carboxylic acids is 1. The Morgan fingerprint density at radius 1 is 1.45 bits per heavy atom. The quantitative estimate of drug-likeness (QED) is 0.634. The number of hydrogen-bond acceptors (Lipinski definition) is 4. The number of aliphatic carboxylic acids is 1. The summed E-state index contributed by atoms with van der Waals surface area (Å²) in [6, 6.07) is 6.34. The molecule has 0 aliphatic rings. The van der Waals surface area contributed by atoms with Gasteiger partial charge in [-0.3, -0.25) is 0 Å². The molecule has 0 saturated heterocycles. The lowest BCUT2D eigenvalue weighted by atomic mass is 10.1. The predicted molar refractivity (Wildman–Crippen MR) is 71.2 cm³/mol. The van der Waals surface area contributed by atoms with E-state index in [2.05, 4.69) is 10.6 Å². The number of carbonyl (C=O) groups excluding carboxylic acids is 1. The van der Waals surface area contributed by atoms with E-state index in [1.165, 1.54) is 0 Å². The van der Waals surface area contributed by atoms with Crippen LogP contribution in [-0.4, -0.2) is 34.9 Å². The Hall–Kier alpha value is -2.59. The van der Waals surface area contributed by atoms with Crippen molar-refractivity contribution in [2.45, 2.75) is 19.4 Å². The number of nitrogens with one attached hydrogen (secondary N) is 2. The van der Waals surface area contributed by atoms with Crippen LogP contribution in [0.15, 0.2) is 18.2 Å². The fourth-order valence-corrected chi connectivity index (χ4v) is 1.44. The molecule has 0 heterocycles. The molecular formula is C13H15N3O4. The molecule has 0 aromatic heterocycles. The zero-order valence-corrected chi connectivity index (χ0v) is 10.9. The Morgan fingerprint density at radius 3 is 2.75 bits per heavy atom. The van der Waals surface area contributed by atoms with Gasteiger partial charge in [-0.05, 0) is 24.6 Å². The van der Waals surface area contributed by atoms with Crippen LogP contribution in [0.5, 0.6) is 0 Å². The molecule has 0 fully saturated rings. The van der Waals surface area contributed by atoms with Gasteiger partial charge >= 0.3 is 12.0 Å². The number of carboxylic acid groups (broad SMARTS) is 1. The minimum Gasteiger partial charge on any atom is -0.479 e. The molecular weight excluding hydrogens is 262 g/mol. The molecule has 7 nitrogen and oxygen atoms in total. The minimum absolute atomic E-state index is 0.0241. The second kappa shape index (κ2) is 7.11. The van der Waals surface area contributed by atoms with Crippen molar-refractivity contribution in [1.82, 2.24) is 5.32 Å². The van der Waals surface area contributed by atoms with Gasteiger partial charge in [0.25, 0.3) is 0 Å². The van der Waals surface area contributed by atoms with Crippen molar-refractivity contribution in [3.05, 3.63) is 29.3 Å². The van der Waals surface area contributed by atoms with Gasteiger partial charge in [0.05, 0.1) is 11.6 Å². The van der Waals surface area contributed by atoms with E-state index >= 15 is 0 Å². The third kappa shape index (κ3) is 4.59. The van der Waals surface area contributed by atoms with Crippen LogP contribution in [0.4, 0.5) is 10.5 Å². The molecule has 0 aliphatic carbocycles. The Labute approximate surface area is 115 Å². The number of nitriles is 1. The highest BCUT2D eigenvalue weighted by atomic mass is 16.4. The van der Waals surface area contributed by atoms with Gasteiger partial charge < -0.3 is 20.8 Å². The summed E-state index contributed by atoms with van der Waals surface area (Å²) in [7, 11) is 0. The van der Waals surface area contributed by atoms with Crippen LogP contribution in [0.2, 0.25) is 0 Å². The van der Waals surface area contributed by atoms with Gasteiger partial charge in [-0.25, -0.2) is 9.59 Å². The van der Waals surface area contributed by atoms with Crippen LogP contribution in [0.1, 0.15) is 17.5 Å². The van der Waals surface area contributed by atoms with Crippen LogP contribution < -0.4 is 10.6 Å². The molecule has 2 amide bonds. The molecule has 0 bridgehead atoms. The van der Waals surface area contributed by atoms with E-state index in [9.17, 15) is 9.59 Å². The fourth-order valence-electron chi connectivity index (χ4n) is 1.44. The third-order valence-corrected chi connectivity index (χ3v) is 2.60. The number of amides is 2. The zero-order valence-electron chi connectivity index (χ0n) is 10.9. The van der Waals surface area contributed by atoms with E-state index in [-0.39, 0.29) is 13.0 Å². The van der Waals surface area contributed by atoms with E-state index in [0.29, 0.717) is 11.3 Å². The Bertz CT molecular complexity index is 551. The molecule has 20 heavy (non-hydrogen) atoms. The van der Waals surface area contributed by atoms with Gasteiger partial charge in [0, 0.05) is 18.7 Å². The molecule has 1 aromatic rings. The number of hydrogen-bond donors (Lipinski definition) is 4. The summed E-state index contributed by atoms with van der Waals surface area (Å²) < 4.78 is 0. The number of carbonyl (C=O) groups is 2. The molecule has 1 atom stereocenters. The van der Waals surface area contributed by atoms with Crippen molar-refractivity contribution < 1.29 is 19.8 Å². The lowest BCUT2D eigenvalue weighted by molar-refractivity contribution is -0.146. The summed E-state index contributed by atoms with van der Waals surface area (Å²) in [6.07, 6.45) is -1.58. The summed E-state index contributed by atoms with van der Waals surface area (Å²) >= 11 is 0.